The van der Waals surface area contributed by atoms with Crippen LogP contribution in [0, 0.1) is 5.92 Å². The van der Waals surface area contributed by atoms with Crippen molar-refractivity contribution < 1.29 is 9.00 Å². The van der Waals surface area contributed by atoms with E-state index in [1.54, 1.807) is 0 Å². The first kappa shape index (κ1) is 13.0. The van der Waals surface area contributed by atoms with Crippen LogP contribution in [0.2, 0.25) is 0 Å². The summed E-state index contributed by atoms with van der Waals surface area (Å²) in [6.07, 6.45) is 9.63. The molecule has 2 unspecified atom stereocenters. The fraction of sp³-hybridized carbons (Fsp3) is 0.786. The zero-order chi connectivity index (χ0) is 12.3. The minimum Gasteiger partial charge on any atom is -0.299 e. The van der Waals surface area contributed by atoms with E-state index in [0.717, 1.165) is 44.9 Å². The van der Waals surface area contributed by atoms with Gasteiger partial charge in [-0.15, -0.1) is 6.58 Å². The lowest BCUT2D eigenvalue weighted by Gasteiger charge is -2.26. The van der Waals surface area contributed by atoms with Gasteiger partial charge in [0.25, 0.3) is 0 Å². The van der Waals surface area contributed by atoms with Gasteiger partial charge in [-0.2, -0.15) is 0 Å². The van der Waals surface area contributed by atoms with Crippen LogP contribution in [0.25, 0.3) is 0 Å². The highest BCUT2D eigenvalue weighted by atomic mass is 32.2. The van der Waals surface area contributed by atoms with E-state index >= 15 is 0 Å². The molecule has 0 spiro atoms. The molecule has 3 heteroatoms. The van der Waals surface area contributed by atoms with Gasteiger partial charge in [-0.05, 0) is 44.9 Å². The number of fused-ring (bicyclic) bond motifs is 2. The van der Waals surface area contributed by atoms with E-state index in [9.17, 15) is 9.00 Å². The number of ketones is 1. The topological polar surface area (TPSA) is 34.1 Å². The Kier molecular flexibility index (Phi) is 4.55. The predicted octanol–water partition coefficient (Wildman–Crippen LogP) is 2.99. The average molecular weight is 254 g/mol. The van der Waals surface area contributed by atoms with Crippen molar-refractivity contribution in [3.8, 4) is 0 Å². The molecule has 2 nitrogen and oxygen atoms in total. The van der Waals surface area contributed by atoms with E-state index in [1.807, 2.05) is 6.08 Å². The Balaban J connectivity index is 1.77. The monoisotopic (exact) mass is 254 g/mol. The Labute approximate surface area is 106 Å². The second kappa shape index (κ2) is 5.94. The maximum atomic E-state index is 12.1. The van der Waals surface area contributed by atoms with Gasteiger partial charge in [0.15, 0.2) is 0 Å². The highest BCUT2D eigenvalue weighted by molar-refractivity contribution is 7.86. The van der Waals surface area contributed by atoms with Crippen molar-refractivity contribution in [2.45, 2.75) is 61.9 Å². The molecule has 2 atom stereocenters. The molecule has 0 N–H and O–H groups in total. The largest absolute Gasteiger partial charge is 0.299 e. The number of carbonyl (C=O) groups excluding carboxylic acids is 1. The Bertz CT molecular complexity index is 308. The van der Waals surface area contributed by atoms with Gasteiger partial charge in [-0.25, -0.2) is 0 Å². The number of carbonyl (C=O) groups is 1. The van der Waals surface area contributed by atoms with E-state index in [2.05, 4.69) is 6.58 Å². The number of hydrogen-bond acceptors (Lipinski definition) is 2. The quantitative estimate of drug-likeness (QED) is 0.539. The third-order valence-corrected chi connectivity index (χ3v) is 6.27. The molecule has 0 radical (unpaired) electrons. The lowest BCUT2D eigenvalue weighted by Crippen LogP contribution is -2.32. The molecule has 2 bridgehead atoms. The Morgan fingerprint density at radius 2 is 1.88 bits per heavy atom. The molecule has 0 aromatic carbocycles. The lowest BCUT2D eigenvalue weighted by molar-refractivity contribution is -0.123. The van der Waals surface area contributed by atoms with E-state index in [1.165, 1.54) is 0 Å². The minimum absolute atomic E-state index is 0.217. The second-order valence-electron chi connectivity index (χ2n) is 5.32. The van der Waals surface area contributed by atoms with Gasteiger partial charge in [-0.3, -0.25) is 9.00 Å². The van der Waals surface area contributed by atoms with Crippen molar-refractivity contribution >= 4 is 16.6 Å². The summed E-state index contributed by atoms with van der Waals surface area (Å²) < 4.78 is 11.8. The summed E-state index contributed by atoms with van der Waals surface area (Å²) in [5.74, 6) is 0.636. The van der Waals surface area contributed by atoms with E-state index in [0.29, 0.717) is 22.7 Å². The molecule has 0 aliphatic carbocycles. The van der Waals surface area contributed by atoms with Crippen LogP contribution >= 0.6 is 0 Å². The molecule has 0 aromatic heterocycles. The highest BCUT2D eigenvalue weighted by Gasteiger charge is 2.42. The van der Waals surface area contributed by atoms with Crippen molar-refractivity contribution in [1.29, 1.82) is 0 Å². The average Bonchev–Trinajstić information content (AvgIpc) is 2.57. The van der Waals surface area contributed by atoms with E-state index in [4.69, 9.17) is 0 Å². The zero-order valence-electron chi connectivity index (χ0n) is 10.4. The summed E-state index contributed by atoms with van der Waals surface area (Å²) >= 11 is 0. The molecular weight excluding hydrogens is 232 g/mol. The normalized spacial score (nSPS) is 35.8. The molecule has 96 valence electrons. The van der Waals surface area contributed by atoms with Gasteiger partial charge in [-0.1, -0.05) is 6.08 Å². The van der Waals surface area contributed by atoms with Gasteiger partial charge in [0.2, 0.25) is 0 Å². The maximum absolute atomic E-state index is 12.1. The van der Waals surface area contributed by atoms with Crippen molar-refractivity contribution in [1.82, 2.24) is 0 Å². The van der Waals surface area contributed by atoms with Gasteiger partial charge >= 0.3 is 0 Å². The van der Waals surface area contributed by atoms with Gasteiger partial charge < -0.3 is 0 Å². The summed E-state index contributed by atoms with van der Waals surface area (Å²) in [6.45, 7) is 3.68. The van der Waals surface area contributed by atoms with Crippen molar-refractivity contribution in [3.05, 3.63) is 12.7 Å². The number of Topliss-reactive ketones (excluding diaryl/α,β-unsaturated/α-hetero) is 1. The molecule has 0 saturated carbocycles. The van der Waals surface area contributed by atoms with Crippen LogP contribution in [0.15, 0.2) is 12.7 Å². The SMILES string of the molecule is C=CCCCCC(=O)C1CC2CCC(C1)S2=O. The van der Waals surface area contributed by atoms with Crippen LogP contribution in [-0.4, -0.2) is 20.5 Å². The summed E-state index contributed by atoms with van der Waals surface area (Å²) in [4.78, 5) is 12.1. The number of hydrogen-bond donors (Lipinski definition) is 0. The molecule has 2 aliphatic heterocycles. The molecule has 17 heavy (non-hydrogen) atoms. The minimum atomic E-state index is -0.630. The van der Waals surface area contributed by atoms with Crippen LogP contribution in [0.5, 0.6) is 0 Å². The maximum Gasteiger partial charge on any atom is 0.136 e. The smallest absolute Gasteiger partial charge is 0.136 e. The first-order valence-corrected chi connectivity index (χ1v) is 8.03. The van der Waals surface area contributed by atoms with Crippen LogP contribution < -0.4 is 0 Å². The number of allylic oxidation sites excluding steroid dienone is 1. The zero-order valence-corrected chi connectivity index (χ0v) is 11.2. The standard InChI is InChI=1S/C14H22O2S/c1-2-3-4-5-6-14(15)11-9-12-7-8-13(10-11)17(12)16/h2,11-13H,1,3-10H2. The number of rotatable bonds is 6. The van der Waals surface area contributed by atoms with Crippen LogP contribution in [-0.2, 0) is 15.6 Å². The van der Waals surface area contributed by atoms with Crippen molar-refractivity contribution in [3.63, 3.8) is 0 Å². The van der Waals surface area contributed by atoms with E-state index < -0.39 is 10.8 Å². The Morgan fingerprint density at radius 1 is 1.24 bits per heavy atom. The fourth-order valence-corrected chi connectivity index (χ4v) is 5.21. The lowest BCUT2D eigenvalue weighted by atomic mass is 9.91. The summed E-state index contributed by atoms with van der Waals surface area (Å²) in [5.41, 5.74) is 0. The summed E-state index contributed by atoms with van der Waals surface area (Å²) in [6, 6.07) is 0. The van der Waals surface area contributed by atoms with Gasteiger partial charge in [0, 0.05) is 33.6 Å². The van der Waals surface area contributed by atoms with Crippen LogP contribution in [0.4, 0.5) is 0 Å². The molecule has 2 rings (SSSR count). The molecule has 2 aliphatic rings. The third-order valence-electron chi connectivity index (χ3n) is 4.10. The number of unbranched alkanes of at least 4 members (excludes halogenated alkanes) is 2. The van der Waals surface area contributed by atoms with Gasteiger partial charge in [0.05, 0.1) is 0 Å². The van der Waals surface area contributed by atoms with Crippen molar-refractivity contribution in [2.75, 3.05) is 0 Å². The predicted molar refractivity (Wildman–Crippen MR) is 71.3 cm³/mol. The Hall–Kier alpha value is -0.440. The van der Waals surface area contributed by atoms with Crippen molar-refractivity contribution in [2.24, 2.45) is 5.92 Å². The first-order valence-electron chi connectivity index (χ1n) is 6.75. The van der Waals surface area contributed by atoms with Crippen LogP contribution in [0.3, 0.4) is 0 Å². The first-order chi connectivity index (χ1) is 8.22. The molecule has 2 fully saturated rings. The van der Waals surface area contributed by atoms with Gasteiger partial charge in [0.1, 0.15) is 5.78 Å². The van der Waals surface area contributed by atoms with Crippen LogP contribution in [0.1, 0.15) is 51.4 Å². The second-order valence-corrected chi connectivity index (χ2v) is 7.31. The molecule has 0 aromatic rings. The highest BCUT2D eigenvalue weighted by Crippen LogP contribution is 2.39. The molecule has 2 saturated heterocycles. The Morgan fingerprint density at radius 3 is 2.47 bits per heavy atom. The molecule has 0 amide bonds. The van der Waals surface area contributed by atoms with E-state index in [-0.39, 0.29) is 5.92 Å². The summed E-state index contributed by atoms with van der Waals surface area (Å²) in [5, 5.41) is 0.659. The molecule has 2 heterocycles. The third kappa shape index (κ3) is 3.06. The molecular formula is C14H22O2S. The summed E-state index contributed by atoms with van der Waals surface area (Å²) in [7, 11) is -0.630. The fourth-order valence-electron chi connectivity index (χ4n) is 3.09.